The zero-order valence-corrected chi connectivity index (χ0v) is 17.5. The van der Waals surface area contributed by atoms with Gasteiger partial charge in [-0.3, -0.25) is 4.79 Å². The van der Waals surface area contributed by atoms with Gasteiger partial charge in [0.05, 0.1) is 5.69 Å². The van der Waals surface area contributed by atoms with Crippen molar-refractivity contribution in [2.24, 2.45) is 0 Å². The van der Waals surface area contributed by atoms with Crippen molar-refractivity contribution < 1.29 is 27.5 Å². The van der Waals surface area contributed by atoms with Crippen molar-refractivity contribution in [3.05, 3.63) is 35.3 Å². The van der Waals surface area contributed by atoms with Crippen molar-refractivity contribution in [3.8, 4) is 5.75 Å². The van der Waals surface area contributed by atoms with Gasteiger partial charge in [0.2, 0.25) is 11.9 Å². The number of anilines is 3. The maximum Gasteiger partial charge on any atom is 0.412 e. The minimum absolute atomic E-state index is 0.0145. The van der Waals surface area contributed by atoms with Gasteiger partial charge in [0.15, 0.2) is 23.3 Å². The van der Waals surface area contributed by atoms with Gasteiger partial charge in [-0.2, -0.15) is 4.98 Å². The van der Waals surface area contributed by atoms with Gasteiger partial charge in [-0.15, -0.1) is 0 Å². The largest absolute Gasteiger partial charge is 0.412 e. The van der Waals surface area contributed by atoms with Crippen LogP contribution < -0.4 is 25.6 Å². The van der Waals surface area contributed by atoms with E-state index in [-0.39, 0.29) is 24.0 Å². The highest BCUT2D eigenvalue weighted by Crippen LogP contribution is 2.33. The second kappa shape index (κ2) is 8.17. The number of ether oxygens (including phenoxy) is 1. The Balaban J connectivity index is 1.32. The van der Waals surface area contributed by atoms with Gasteiger partial charge in [-0.1, -0.05) is 0 Å². The quantitative estimate of drug-likeness (QED) is 0.615. The van der Waals surface area contributed by atoms with Crippen molar-refractivity contribution in [2.45, 2.75) is 44.8 Å². The summed E-state index contributed by atoms with van der Waals surface area (Å²) < 4.78 is 44.2. The topological polar surface area (TPSA) is 108 Å². The molecule has 1 aromatic carbocycles. The van der Waals surface area contributed by atoms with E-state index in [9.17, 15) is 22.8 Å². The number of aromatic nitrogens is 2. The summed E-state index contributed by atoms with van der Waals surface area (Å²) in [6, 6.07) is 0.587. The molecule has 0 unspecified atom stereocenters. The van der Waals surface area contributed by atoms with Crippen LogP contribution in [0.25, 0.3) is 0 Å². The molecule has 0 bridgehead atoms. The van der Waals surface area contributed by atoms with Crippen LogP contribution in [0.15, 0.2) is 12.1 Å². The van der Waals surface area contributed by atoms with Gasteiger partial charge >= 0.3 is 6.09 Å². The summed E-state index contributed by atoms with van der Waals surface area (Å²) >= 11 is 0. The summed E-state index contributed by atoms with van der Waals surface area (Å²) in [4.78, 5) is 34.6. The first-order valence-electron chi connectivity index (χ1n) is 9.94. The molecule has 2 aromatic rings. The maximum absolute atomic E-state index is 13.2. The van der Waals surface area contributed by atoms with Crippen molar-refractivity contribution in [2.75, 3.05) is 22.6 Å². The number of carbonyl (C=O) groups excluding carboxylic acids is 2. The van der Waals surface area contributed by atoms with Crippen molar-refractivity contribution in [3.63, 3.8) is 0 Å². The van der Waals surface area contributed by atoms with Crippen LogP contribution in [0, 0.1) is 24.4 Å². The highest BCUT2D eigenvalue weighted by molar-refractivity contribution is 6.03. The van der Waals surface area contributed by atoms with E-state index in [2.05, 4.69) is 25.9 Å². The smallest absolute Gasteiger partial charge is 0.410 e. The number of benzene rings is 1. The number of nitrogens with zero attached hydrogens (tertiary/aromatic N) is 3. The molecule has 1 aromatic heterocycles. The fraction of sp³-hybridized carbons (Fsp3) is 0.400. The number of amides is 2. The molecule has 170 valence electrons. The lowest BCUT2D eigenvalue weighted by atomic mass is 9.87. The third-order valence-corrected chi connectivity index (χ3v) is 5.57. The first kappa shape index (κ1) is 21.7. The summed E-state index contributed by atoms with van der Waals surface area (Å²) in [5, 5.41) is 8.59. The van der Waals surface area contributed by atoms with E-state index in [1.165, 1.54) is 0 Å². The number of rotatable bonds is 4. The average molecular weight is 450 g/mol. The third kappa shape index (κ3) is 4.12. The van der Waals surface area contributed by atoms with Crippen molar-refractivity contribution in [1.29, 1.82) is 0 Å². The number of fused-ring (bicyclic) bond motifs is 1. The first-order chi connectivity index (χ1) is 15.1. The van der Waals surface area contributed by atoms with E-state index in [0.29, 0.717) is 48.1 Å². The monoisotopic (exact) mass is 450 g/mol. The predicted molar refractivity (Wildman–Crippen MR) is 109 cm³/mol. The Morgan fingerprint density at radius 1 is 1.19 bits per heavy atom. The Hall–Kier alpha value is -3.57. The van der Waals surface area contributed by atoms with Crippen LogP contribution in [0.3, 0.4) is 0 Å². The maximum atomic E-state index is 13.2. The molecule has 0 saturated heterocycles. The summed E-state index contributed by atoms with van der Waals surface area (Å²) in [6.07, 6.45) is 0.194. The average Bonchev–Trinajstić information content (AvgIpc) is 2.69. The molecule has 1 aliphatic heterocycles. The molecule has 2 amide bonds. The van der Waals surface area contributed by atoms with E-state index in [4.69, 9.17) is 4.74 Å². The van der Waals surface area contributed by atoms with Crippen LogP contribution in [-0.4, -0.2) is 47.1 Å². The van der Waals surface area contributed by atoms with Gasteiger partial charge in [-0.25, -0.2) is 22.9 Å². The summed E-state index contributed by atoms with van der Waals surface area (Å²) in [7, 11) is 1.78. The van der Waals surface area contributed by atoms with Crippen LogP contribution in [0.4, 0.5) is 35.4 Å². The zero-order chi connectivity index (χ0) is 23.2. The molecular weight excluding hydrogens is 429 g/mol. The molecule has 1 saturated carbocycles. The Labute approximate surface area is 181 Å². The second-order valence-electron chi connectivity index (χ2n) is 7.85. The second-order valence-corrected chi connectivity index (χ2v) is 7.85. The molecule has 0 radical (unpaired) electrons. The SMILES string of the molecule is Cc1nc(NC2CC(NC(=O)Oc3cc(F)c(F)c(F)c3)C2)nc2c1NC(=O)[C@H](C)N2C. The van der Waals surface area contributed by atoms with E-state index in [1.807, 2.05) is 0 Å². The van der Waals surface area contributed by atoms with Gasteiger partial charge in [-0.05, 0) is 26.7 Å². The Bertz CT molecular complexity index is 1070. The number of carbonyl (C=O) groups is 2. The third-order valence-electron chi connectivity index (χ3n) is 5.57. The van der Waals surface area contributed by atoms with Gasteiger partial charge in [0.1, 0.15) is 17.5 Å². The van der Waals surface area contributed by atoms with Gasteiger partial charge in [0, 0.05) is 31.3 Å². The molecule has 1 atom stereocenters. The molecule has 4 rings (SSSR count). The zero-order valence-electron chi connectivity index (χ0n) is 17.5. The number of aryl methyl sites for hydroxylation is 1. The molecule has 32 heavy (non-hydrogen) atoms. The molecule has 0 spiro atoms. The van der Waals surface area contributed by atoms with Crippen molar-refractivity contribution >= 4 is 29.5 Å². The Morgan fingerprint density at radius 3 is 2.50 bits per heavy atom. The first-order valence-corrected chi connectivity index (χ1v) is 9.94. The molecule has 12 heteroatoms. The van der Waals surface area contributed by atoms with E-state index in [0.717, 1.165) is 0 Å². The van der Waals surface area contributed by atoms with E-state index < -0.39 is 29.3 Å². The van der Waals surface area contributed by atoms with Crippen LogP contribution in [-0.2, 0) is 4.79 Å². The van der Waals surface area contributed by atoms with Gasteiger partial charge in [0.25, 0.3) is 0 Å². The molecule has 2 aliphatic rings. The Kier molecular flexibility index (Phi) is 5.53. The fourth-order valence-electron chi connectivity index (χ4n) is 3.54. The van der Waals surface area contributed by atoms with E-state index in [1.54, 1.807) is 25.8 Å². The van der Waals surface area contributed by atoms with Crippen LogP contribution >= 0.6 is 0 Å². The highest BCUT2D eigenvalue weighted by atomic mass is 19.2. The standard InChI is InChI=1S/C20H21F3N6O3/c1-8-16-17(29(3)9(2)18(30)27-16)28-19(24-8)25-10-4-11(5-10)26-20(31)32-12-6-13(21)15(23)14(22)7-12/h6-7,9-11H,4-5H2,1-3H3,(H,26,31)(H,27,30)(H,24,25,28)/t9-,10?,11?/m0/s1. The lowest BCUT2D eigenvalue weighted by Crippen LogP contribution is -2.50. The molecule has 9 nitrogen and oxygen atoms in total. The van der Waals surface area contributed by atoms with Gasteiger partial charge < -0.3 is 25.6 Å². The molecule has 2 heterocycles. The highest BCUT2D eigenvalue weighted by Gasteiger charge is 2.33. The van der Waals surface area contributed by atoms with Crippen molar-refractivity contribution in [1.82, 2.24) is 15.3 Å². The predicted octanol–water partition coefficient (Wildman–Crippen LogP) is 2.71. The molecule has 1 fully saturated rings. The number of halogens is 3. The minimum Gasteiger partial charge on any atom is -0.410 e. The lowest BCUT2D eigenvalue weighted by molar-refractivity contribution is -0.117. The van der Waals surface area contributed by atoms with Crippen LogP contribution in [0.5, 0.6) is 5.75 Å². The molecule has 1 aliphatic carbocycles. The molecular formula is C20H21F3N6O3. The summed E-state index contributed by atoms with van der Waals surface area (Å²) in [5.74, 6) is -4.06. The number of hydrogen-bond donors (Lipinski definition) is 3. The van der Waals surface area contributed by atoms with E-state index >= 15 is 0 Å². The summed E-state index contributed by atoms with van der Waals surface area (Å²) in [6.45, 7) is 3.55. The fourth-order valence-corrected chi connectivity index (χ4v) is 3.54. The minimum atomic E-state index is -1.63. The number of hydrogen-bond acceptors (Lipinski definition) is 7. The van der Waals surface area contributed by atoms with Crippen LogP contribution in [0.2, 0.25) is 0 Å². The number of nitrogens with one attached hydrogen (secondary N) is 3. The number of likely N-dealkylation sites (N-methyl/N-ethyl adjacent to an activating group) is 1. The molecule has 3 N–H and O–H groups in total. The van der Waals surface area contributed by atoms with Crippen LogP contribution in [0.1, 0.15) is 25.5 Å². The summed E-state index contributed by atoms with van der Waals surface area (Å²) in [5.41, 5.74) is 1.20. The normalized spacial score (nSPS) is 21.9. The Morgan fingerprint density at radius 2 is 1.84 bits per heavy atom. The lowest BCUT2D eigenvalue weighted by Gasteiger charge is -2.37.